The van der Waals surface area contributed by atoms with E-state index in [4.69, 9.17) is 0 Å². The fourth-order valence-electron chi connectivity index (χ4n) is 2.19. The predicted molar refractivity (Wildman–Crippen MR) is 71.1 cm³/mol. The first-order valence-electron chi connectivity index (χ1n) is 5.89. The highest BCUT2D eigenvalue weighted by Crippen LogP contribution is 2.30. The van der Waals surface area contributed by atoms with E-state index in [-0.39, 0.29) is 0 Å². The Morgan fingerprint density at radius 2 is 2.00 bits per heavy atom. The van der Waals surface area contributed by atoms with Gasteiger partial charge >= 0.3 is 0 Å². The van der Waals surface area contributed by atoms with E-state index >= 15 is 0 Å². The summed E-state index contributed by atoms with van der Waals surface area (Å²) in [7, 11) is 0. The predicted octanol–water partition coefficient (Wildman–Crippen LogP) is 2.34. The fraction of sp³-hybridized carbons (Fsp3) is 0.143. The summed E-state index contributed by atoms with van der Waals surface area (Å²) in [6.45, 7) is 0.775. The molecule has 90 valence electrons. The van der Waals surface area contributed by atoms with E-state index in [1.807, 2.05) is 24.3 Å². The first kappa shape index (κ1) is 10.8. The maximum absolute atomic E-state index is 10.9. The number of rotatable bonds is 3. The largest absolute Gasteiger partial charge is 0.355 e. The SMILES string of the molecule is O=CN1CCc2ccc(Nc3ccncc3)cc21. The molecule has 0 aliphatic carbocycles. The molecular weight excluding hydrogens is 226 g/mol. The van der Waals surface area contributed by atoms with Crippen molar-refractivity contribution in [3.05, 3.63) is 48.3 Å². The molecule has 1 N–H and O–H groups in total. The molecule has 0 saturated heterocycles. The van der Waals surface area contributed by atoms with E-state index in [1.165, 1.54) is 5.56 Å². The van der Waals surface area contributed by atoms with Gasteiger partial charge in [0.25, 0.3) is 0 Å². The summed E-state index contributed by atoms with van der Waals surface area (Å²) >= 11 is 0. The smallest absolute Gasteiger partial charge is 0.214 e. The highest BCUT2D eigenvalue weighted by atomic mass is 16.1. The minimum absolute atomic E-state index is 0.775. The lowest BCUT2D eigenvalue weighted by molar-refractivity contribution is -0.107. The summed E-state index contributed by atoms with van der Waals surface area (Å²) in [5.41, 5.74) is 4.20. The van der Waals surface area contributed by atoms with Crippen molar-refractivity contribution in [1.29, 1.82) is 0 Å². The molecule has 2 aromatic rings. The van der Waals surface area contributed by atoms with Gasteiger partial charge in [-0.3, -0.25) is 9.78 Å². The van der Waals surface area contributed by atoms with Gasteiger partial charge in [-0.1, -0.05) is 6.07 Å². The molecule has 1 aliphatic rings. The fourth-order valence-corrected chi connectivity index (χ4v) is 2.19. The molecule has 0 spiro atoms. The van der Waals surface area contributed by atoms with Gasteiger partial charge in [-0.15, -0.1) is 0 Å². The highest BCUT2D eigenvalue weighted by molar-refractivity contribution is 5.82. The van der Waals surface area contributed by atoms with Gasteiger partial charge < -0.3 is 10.2 Å². The summed E-state index contributed by atoms with van der Waals surface area (Å²) in [6, 6.07) is 9.93. The molecule has 1 amide bonds. The van der Waals surface area contributed by atoms with E-state index in [1.54, 1.807) is 17.3 Å². The molecule has 0 atom stereocenters. The number of hydrogen-bond donors (Lipinski definition) is 1. The molecule has 2 heterocycles. The quantitative estimate of drug-likeness (QED) is 0.836. The number of hydrogen-bond acceptors (Lipinski definition) is 3. The van der Waals surface area contributed by atoms with Gasteiger partial charge in [0.05, 0.1) is 0 Å². The van der Waals surface area contributed by atoms with Crippen molar-refractivity contribution < 1.29 is 4.79 Å². The van der Waals surface area contributed by atoms with Crippen molar-refractivity contribution in [3.63, 3.8) is 0 Å². The van der Waals surface area contributed by atoms with E-state index < -0.39 is 0 Å². The van der Waals surface area contributed by atoms with E-state index in [9.17, 15) is 4.79 Å². The molecule has 18 heavy (non-hydrogen) atoms. The Hall–Kier alpha value is -2.36. The lowest BCUT2D eigenvalue weighted by atomic mass is 10.1. The van der Waals surface area contributed by atoms with Crippen molar-refractivity contribution in [2.24, 2.45) is 0 Å². The number of carbonyl (C=O) groups excluding carboxylic acids is 1. The average Bonchev–Trinajstić information content (AvgIpc) is 2.82. The summed E-state index contributed by atoms with van der Waals surface area (Å²) in [6.07, 6.45) is 5.31. The third-order valence-corrected chi connectivity index (χ3v) is 3.11. The van der Waals surface area contributed by atoms with Crippen LogP contribution in [0.1, 0.15) is 5.56 Å². The van der Waals surface area contributed by atoms with Crippen molar-refractivity contribution in [3.8, 4) is 0 Å². The Kier molecular flexibility index (Phi) is 2.68. The summed E-state index contributed by atoms with van der Waals surface area (Å²) in [5, 5.41) is 3.30. The van der Waals surface area contributed by atoms with Gasteiger partial charge in [-0.25, -0.2) is 0 Å². The number of fused-ring (bicyclic) bond motifs is 1. The Labute approximate surface area is 105 Å². The maximum atomic E-state index is 10.9. The van der Waals surface area contributed by atoms with Gasteiger partial charge in [-0.2, -0.15) is 0 Å². The van der Waals surface area contributed by atoms with Crippen LogP contribution in [-0.2, 0) is 11.2 Å². The Balaban J connectivity index is 1.89. The summed E-state index contributed by atoms with van der Waals surface area (Å²) in [5.74, 6) is 0. The first-order chi connectivity index (χ1) is 8.86. The summed E-state index contributed by atoms with van der Waals surface area (Å²) < 4.78 is 0. The Morgan fingerprint density at radius 1 is 1.17 bits per heavy atom. The van der Waals surface area contributed by atoms with Crippen LogP contribution in [0.4, 0.5) is 17.1 Å². The molecule has 1 aromatic carbocycles. The second-order valence-electron chi connectivity index (χ2n) is 4.25. The average molecular weight is 239 g/mol. The minimum Gasteiger partial charge on any atom is -0.355 e. The lowest BCUT2D eigenvalue weighted by Gasteiger charge is -2.12. The topological polar surface area (TPSA) is 45.2 Å². The van der Waals surface area contributed by atoms with Gasteiger partial charge in [0, 0.05) is 36.0 Å². The number of benzene rings is 1. The standard InChI is InChI=1S/C14H13N3O/c18-10-17-8-5-11-1-2-13(9-14(11)17)16-12-3-6-15-7-4-12/h1-4,6-7,9-10H,5,8H2,(H,15,16). The zero-order chi connectivity index (χ0) is 12.4. The van der Waals surface area contributed by atoms with Crippen molar-refractivity contribution in [2.45, 2.75) is 6.42 Å². The van der Waals surface area contributed by atoms with Gasteiger partial charge in [-0.05, 0) is 36.2 Å². The first-order valence-corrected chi connectivity index (χ1v) is 5.89. The van der Waals surface area contributed by atoms with Crippen molar-refractivity contribution in [1.82, 2.24) is 4.98 Å². The molecule has 0 bridgehead atoms. The van der Waals surface area contributed by atoms with Crippen LogP contribution in [-0.4, -0.2) is 17.9 Å². The monoisotopic (exact) mass is 239 g/mol. The molecule has 0 saturated carbocycles. The third kappa shape index (κ3) is 1.93. The second-order valence-corrected chi connectivity index (χ2v) is 4.25. The molecule has 0 unspecified atom stereocenters. The normalized spacial score (nSPS) is 13.2. The maximum Gasteiger partial charge on any atom is 0.214 e. The molecule has 0 fully saturated rings. The van der Waals surface area contributed by atoms with Gasteiger partial charge in [0.2, 0.25) is 6.41 Å². The highest BCUT2D eigenvalue weighted by Gasteiger charge is 2.18. The number of nitrogens with zero attached hydrogens (tertiary/aromatic N) is 2. The molecular formula is C14H13N3O. The molecule has 1 aromatic heterocycles. The van der Waals surface area contributed by atoms with Crippen molar-refractivity contribution >= 4 is 23.5 Å². The van der Waals surface area contributed by atoms with Crippen LogP contribution in [0.3, 0.4) is 0 Å². The van der Waals surface area contributed by atoms with E-state index in [0.717, 1.165) is 36.4 Å². The van der Waals surface area contributed by atoms with Crippen molar-refractivity contribution in [2.75, 3.05) is 16.8 Å². The van der Waals surface area contributed by atoms with Gasteiger partial charge in [0.1, 0.15) is 0 Å². The van der Waals surface area contributed by atoms with Crippen LogP contribution in [0.15, 0.2) is 42.7 Å². The van der Waals surface area contributed by atoms with Crippen LogP contribution in [0.5, 0.6) is 0 Å². The van der Waals surface area contributed by atoms with Crippen LogP contribution in [0.25, 0.3) is 0 Å². The number of aromatic nitrogens is 1. The van der Waals surface area contributed by atoms with Crippen LogP contribution >= 0.6 is 0 Å². The van der Waals surface area contributed by atoms with Crippen LogP contribution in [0.2, 0.25) is 0 Å². The number of amides is 1. The van der Waals surface area contributed by atoms with E-state index in [2.05, 4.69) is 16.4 Å². The number of anilines is 3. The molecule has 0 radical (unpaired) electrons. The Bertz CT molecular complexity index is 569. The van der Waals surface area contributed by atoms with Crippen LogP contribution < -0.4 is 10.2 Å². The number of nitrogens with one attached hydrogen (secondary N) is 1. The van der Waals surface area contributed by atoms with Crippen LogP contribution in [0, 0.1) is 0 Å². The lowest BCUT2D eigenvalue weighted by Crippen LogP contribution is -2.17. The van der Waals surface area contributed by atoms with Gasteiger partial charge in [0.15, 0.2) is 0 Å². The minimum atomic E-state index is 0.775. The second kappa shape index (κ2) is 4.49. The third-order valence-electron chi connectivity index (χ3n) is 3.11. The molecule has 3 rings (SSSR count). The number of carbonyl (C=O) groups is 1. The molecule has 4 heteroatoms. The van der Waals surface area contributed by atoms with E-state index in [0.29, 0.717) is 0 Å². The Morgan fingerprint density at radius 3 is 2.78 bits per heavy atom. The molecule has 4 nitrogen and oxygen atoms in total. The summed E-state index contributed by atoms with van der Waals surface area (Å²) in [4.78, 5) is 16.7. The zero-order valence-electron chi connectivity index (χ0n) is 9.84. The number of pyridine rings is 1. The zero-order valence-corrected chi connectivity index (χ0v) is 9.84. The molecule has 1 aliphatic heterocycles.